The van der Waals surface area contributed by atoms with E-state index in [2.05, 4.69) is 9.97 Å². The van der Waals surface area contributed by atoms with E-state index in [1.165, 1.54) is 4.90 Å². The Labute approximate surface area is 99.4 Å². The lowest BCUT2D eigenvalue weighted by molar-refractivity contribution is 0.161. The molecular formula is C12H15N3O2. The van der Waals surface area contributed by atoms with Crippen LogP contribution >= 0.6 is 0 Å². The molecule has 0 fully saturated rings. The van der Waals surface area contributed by atoms with Gasteiger partial charge in [-0.05, 0) is 32.0 Å². The summed E-state index contributed by atoms with van der Waals surface area (Å²) in [6.45, 7) is 4.05. The van der Waals surface area contributed by atoms with Gasteiger partial charge in [-0.25, -0.2) is 9.78 Å². The van der Waals surface area contributed by atoms with E-state index < -0.39 is 0 Å². The number of carbonyl (C=O) groups excluding carboxylic acids is 1. The minimum atomic E-state index is -0.358. The lowest BCUT2D eigenvalue weighted by Crippen LogP contribution is -2.26. The van der Waals surface area contributed by atoms with Gasteiger partial charge in [-0.2, -0.15) is 0 Å². The van der Waals surface area contributed by atoms with Gasteiger partial charge >= 0.3 is 6.09 Å². The molecule has 5 nitrogen and oxygen atoms in total. The topological polar surface area (TPSA) is 58.2 Å². The van der Waals surface area contributed by atoms with E-state index in [0.29, 0.717) is 6.61 Å². The third-order valence-electron chi connectivity index (χ3n) is 2.51. The monoisotopic (exact) mass is 233 g/mol. The van der Waals surface area contributed by atoms with Crippen LogP contribution in [0.3, 0.4) is 0 Å². The molecule has 0 saturated carbocycles. The number of fused-ring (bicyclic) bond motifs is 1. The molecule has 0 atom stereocenters. The number of amides is 1. The summed E-state index contributed by atoms with van der Waals surface area (Å²) in [5.74, 6) is 0.857. The standard InChI is InChI=1S/C12H15N3O2/c1-4-17-12(16)15(3)9-5-6-10-11(7-9)14-8(2)13-10/h5-7H,4H2,1-3H3,(H,13,14). The zero-order valence-electron chi connectivity index (χ0n) is 10.2. The molecule has 1 N–H and O–H groups in total. The minimum absolute atomic E-state index is 0.358. The number of H-pyrrole nitrogens is 1. The highest BCUT2D eigenvalue weighted by Crippen LogP contribution is 2.20. The average molecular weight is 233 g/mol. The molecule has 1 heterocycles. The first-order chi connectivity index (χ1) is 8.11. The summed E-state index contributed by atoms with van der Waals surface area (Å²) >= 11 is 0. The van der Waals surface area contributed by atoms with Crippen LogP contribution in [0.5, 0.6) is 0 Å². The quantitative estimate of drug-likeness (QED) is 0.866. The summed E-state index contributed by atoms with van der Waals surface area (Å²) < 4.78 is 4.94. The van der Waals surface area contributed by atoms with Gasteiger partial charge < -0.3 is 9.72 Å². The van der Waals surface area contributed by atoms with Crippen LogP contribution in [0, 0.1) is 6.92 Å². The lowest BCUT2D eigenvalue weighted by atomic mass is 10.2. The van der Waals surface area contributed by atoms with Crippen molar-refractivity contribution in [2.45, 2.75) is 13.8 Å². The number of aromatic nitrogens is 2. The number of nitrogens with zero attached hydrogens (tertiary/aromatic N) is 2. The van der Waals surface area contributed by atoms with E-state index in [9.17, 15) is 4.79 Å². The van der Waals surface area contributed by atoms with E-state index in [-0.39, 0.29) is 6.09 Å². The number of anilines is 1. The first-order valence-corrected chi connectivity index (χ1v) is 5.48. The van der Waals surface area contributed by atoms with E-state index in [1.807, 2.05) is 25.1 Å². The number of aromatic amines is 1. The second-order valence-electron chi connectivity index (χ2n) is 3.78. The summed E-state index contributed by atoms with van der Waals surface area (Å²) in [5.41, 5.74) is 2.58. The number of nitrogens with one attached hydrogen (secondary N) is 1. The van der Waals surface area contributed by atoms with Gasteiger partial charge in [0.1, 0.15) is 5.82 Å². The van der Waals surface area contributed by atoms with Gasteiger partial charge in [-0.1, -0.05) is 0 Å². The van der Waals surface area contributed by atoms with Gasteiger partial charge in [0.25, 0.3) is 0 Å². The molecule has 0 bridgehead atoms. The molecule has 5 heteroatoms. The van der Waals surface area contributed by atoms with Gasteiger partial charge in [0.05, 0.1) is 17.6 Å². The molecule has 1 aromatic carbocycles. The Morgan fingerprint density at radius 2 is 2.29 bits per heavy atom. The molecular weight excluding hydrogens is 218 g/mol. The van der Waals surface area contributed by atoms with Crippen molar-refractivity contribution in [3.05, 3.63) is 24.0 Å². The number of benzene rings is 1. The highest BCUT2D eigenvalue weighted by atomic mass is 16.6. The normalized spacial score (nSPS) is 10.5. The number of hydrogen-bond donors (Lipinski definition) is 1. The second-order valence-corrected chi connectivity index (χ2v) is 3.78. The Kier molecular flexibility index (Phi) is 2.99. The minimum Gasteiger partial charge on any atom is -0.449 e. The van der Waals surface area contributed by atoms with Gasteiger partial charge in [-0.15, -0.1) is 0 Å². The van der Waals surface area contributed by atoms with Gasteiger partial charge in [0.2, 0.25) is 0 Å². The van der Waals surface area contributed by atoms with E-state index >= 15 is 0 Å². The zero-order chi connectivity index (χ0) is 12.4. The Bertz CT molecular complexity index is 548. The molecule has 0 aliphatic heterocycles. The number of rotatable bonds is 2. The van der Waals surface area contributed by atoms with Crippen LogP contribution in [0.1, 0.15) is 12.7 Å². The SMILES string of the molecule is CCOC(=O)N(C)c1ccc2nc(C)[nH]c2c1. The van der Waals surface area contributed by atoms with Crippen LogP contribution in [0.25, 0.3) is 11.0 Å². The predicted octanol–water partition coefficient (Wildman–Crippen LogP) is 2.46. The maximum absolute atomic E-state index is 11.6. The first kappa shape index (κ1) is 11.4. The van der Waals surface area contributed by atoms with E-state index in [4.69, 9.17) is 4.74 Å². The first-order valence-electron chi connectivity index (χ1n) is 5.48. The molecule has 17 heavy (non-hydrogen) atoms. The van der Waals surface area contributed by atoms with E-state index in [0.717, 1.165) is 22.5 Å². The second kappa shape index (κ2) is 4.45. The molecule has 0 radical (unpaired) electrons. The van der Waals surface area contributed by atoms with Crippen molar-refractivity contribution in [3.63, 3.8) is 0 Å². The van der Waals surface area contributed by atoms with Crippen molar-refractivity contribution in [2.24, 2.45) is 0 Å². The fourth-order valence-electron chi connectivity index (χ4n) is 1.66. The van der Waals surface area contributed by atoms with Crippen LogP contribution in [-0.2, 0) is 4.74 Å². The zero-order valence-corrected chi connectivity index (χ0v) is 10.2. The van der Waals surface area contributed by atoms with Crippen LogP contribution in [0.4, 0.5) is 10.5 Å². The molecule has 0 spiro atoms. The number of ether oxygens (including phenoxy) is 1. The smallest absolute Gasteiger partial charge is 0.413 e. The maximum Gasteiger partial charge on any atom is 0.413 e. The molecule has 90 valence electrons. The largest absolute Gasteiger partial charge is 0.449 e. The van der Waals surface area contributed by atoms with E-state index in [1.54, 1.807) is 14.0 Å². The summed E-state index contributed by atoms with van der Waals surface area (Å²) in [4.78, 5) is 20.5. The molecule has 0 unspecified atom stereocenters. The van der Waals surface area contributed by atoms with Crippen LogP contribution in [0.2, 0.25) is 0 Å². The van der Waals surface area contributed by atoms with Crippen LogP contribution in [-0.4, -0.2) is 29.7 Å². The number of carbonyl (C=O) groups is 1. The summed E-state index contributed by atoms with van der Waals surface area (Å²) in [7, 11) is 1.68. The third kappa shape index (κ3) is 2.22. The van der Waals surface area contributed by atoms with Crippen molar-refractivity contribution in [3.8, 4) is 0 Å². The van der Waals surface area contributed by atoms with Crippen molar-refractivity contribution < 1.29 is 9.53 Å². The van der Waals surface area contributed by atoms with Gasteiger partial charge in [0, 0.05) is 12.7 Å². The van der Waals surface area contributed by atoms with Gasteiger partial charge in [-0.3, -0.25) is 4.90 Å². The Morgan fingerprint density at radius 1 is 1.53 bits per heavy atom. The van der Waals surface area contributed by atoms with Crippen molar-refractivity contribution in [1.29, 1.82) is 0 Å². The van der Waals surface area contributed by atoms with Gasteiger partial charge in [0.15, 0.2) is 0 Å². The molecule has 0 aliphatic rings. The highest BCUT2D eigenvalue weighted by molar-refractivity contribution is 5.90. The fourth-order valence-corrected chi connectivity index (χ4v) is 1.66. The number of hydrogen-bond acceptors (Lipinski definition) is 3. The molecule has 1 aromatic heterocycles. The number of imidazole rings is 1. The highest BCUT2D eigenvalue weighted by Gasteiger charge is 2.12. The lowest BCUT2D eigenvalue weighted by Gasteiger charge is -2.16. The summed E-state index contributed by atoms with van der Waals surface area (Å²) in [6.07, 6.45) is -0.358. The number of aryl methyl sites for hydroxylation is 1. The van der Waals surface area contributed by atoms with Crippen LogP contribution < -0.4 is 4.90 Å². The summed E-state index contributed by atoms with van der Waals surface area (Å²) in [6, 6.07) is 5.61. The third-order valence-corrected chi connectivity index (χ3v) is 2.51. The Morgan fingerprint density at radius 3 is 3.00 bits per heavy atom. The van der Waals surface area contributed by atoms with Crippen molar-refractivity contribution in [1.82, 2.24) is 9.97 Å². The molecule has 2 aromatic rings. The molecule has 1 amide bonds. The Hall–Kier alpha value is -2.04. The molecule has 0 saturated heterocycles. The fraction of sp³-hybridized carbons (Fsp3) is 0.333. The Balaban J connectivity index is 2.32. The molecule has 2 rings (SSSR count). The predicted molar refractivity (Wildman–Crippen MR) is 66.3 cm³/mol. The van der Waals surface area contributed by atoms with Crippen molar-refractivity contribution >= 4 is 22.8 Å². The van der Waals surface area contributed by atoms with Crippen molar-refractivity contribution in [2.75, 3.05) is 18.6 Å². The molecule has 0 aliphatic carbocycles. The maximum atomic E-state index is 11.6. The average Bonchev–Trinajstić information content (AvgIpc) is 2.67. The van der Waals surface area contributed by atoms with Crippen LogP contribution in [0.15, 0.2) is 18.2 Å². The summed E-state index contributed by atoms with van der Waals surface area (Å²) in [5, 5.41) is 0.